The third-order valence-electron chi connectivity index (χ3n) is 2.39. The third-order valence-corrected chi connectivity index (χ3v) is 2.39. The van der Waals surface area contributed by atoms with Crippen molar-refractivity contribution >= 4 is 5.91 Å². The molecule has 0 bridgehead atoms. The van der Waals surface area contributed by atoms with Crippen molar-refractivity contribution in [2.75, 3.05) is 0 Å². The molecule has 1 amide bonds. The van der Waals surface area contributed by atoms with Gasteiger partial charge in [0.2, 0.25) is 5.91 Å². The molecule has 15 heavy (non-hydrogen) atoms. The molecule has 0 aliphatic carbocycles. The molecule has 0 rings (SSSR count). The van der Waals surface area contributed by atoms with Crippen LogP contribution in [0.3, 0.4) is 0 Å². The summed E-state index contributed by atoms with van der Waals surface area (Å²) in [5.41, 5.74) is 5.66. The van der Waals surface area contributed by atoms with Crippen molar-refractivity contribution in [3.63, 3.8) is 0 Å². The predicted octanol–water partition coefficient (Wildman–Crippen LogP) is 2.20. The number of nitrogens with one attached hydrogen (secondary N) is 1. The number of carbonyl (C=O) groups excluding carboxylic acids is 1. The van der Waals surface area contributed by atoms with Crippen molar-refractivity contribution in [2.45, 2.75) is 71.4 Å². The molecule has 0 aromatic rings. The Balaban J connectivity index is 3.47. The first kappa shape index (κ1) is 14.4. The number of rotatable bonds is 8. The van der Waals surface area contributed by atoms with Gasteiger partial charge in [0.15, 0.2) is 0 Å². The van der Waals surface area contributed by atoms with Gasteiger partial charge in [0.1, 0.15) is 0 Å². The van der Waals surface area contributed by atoms with Crippen LogP contribution in [0.5, 0.6) is 0 Å². The van der Waals surface area contributed by atoms with Crippen LogP contribution >= 0.6 is 0 Å². The first-order valence-electron chi connectivity index (χ1n) is 6.11. The summed E-state index contributed by atoms with van der Waals surface area (Å²) in [7, 11) is 0. The van der Waals surface area contributed by atoms with Crippen LogP contribution in [0.1, 0.15) is 59.3 Å². The Bertz CT molecular complexity index is 169. The van der Waals surface area contributed by atoms with Gasteiger partial charge < -0.3 is 11.1 Å². The van der Waals surface area contributed by atoms with Gasteiger partial charge in [-0.05, 0) is 26.7 Å². The van der Waals surface area contributed by atoms with E-state index in [1.165, 1.54) is 12.8 Å². The largest absolute Gasteiger partial charge is 0.354 e. The van der Waals surface area contributed by atoms with Crippen LogP contribution in [0.15, 0.2) is 0 Å². The molecule has 0 saturated heterocycles. The zero-order chi connectivity index (χ0) is 11.7. The molecular formula is C12H26N2O. The van der Waals surface area contributed by atoms with Crippen LogP contribution in [0.2, 0.25) is 0 Å². The summed E-state index contributed by atoms with van der Waals surface area (Å²) in [6, 6.07) is 0.351. The number of amides is 1. The fraction of sp³-hybridized carbons (Fsp3) is 0.917. The SMILES string of the molecule is CCCCCCC(=O)NC(C)CC(C)N. The van der Waals surface area contributed by atoms with Gasteiger partial charge in [0.25, 0.3) is 0 Å². The highest BCUT2D eigenvalue weighted by Crippen LogP contribution is 2.03. The van der Waals surface area contributed by atoms with Gasteiger partial charge in [0, 0.05) is 18.5 Å². The van der Waals surface area contributed by atoms with E-state index in [1.807, 2.05) is 13.8 Å². The lowest BCUT2D eigenvalue weighted by molar-refractivity contribution is -0.121. The second-order valence-electron chi connectivity index (χ2n) is 4.49. The lowest BCUT2D eigenvalue weighted by Crippen LogP contribution is -2.36. The van der Waals surface area contributed by atoms with Gasteiger partial charge in [-0.3, -0.25) is 4.79 Å². The average molecular weight is 214 g/mol. The summed E-state index contributed by atoms with van der Waals surface area (Å²) in [6.45, 7) is 6.14. The molecule has 90 valence electrons. The molecule has 0 aromatic heterocycles. The highest BCUT2D eigenvalue weighted by atomic mass is 16.1. The minimum atomic E-state index is 0.153. The Kier molecular flexibility index (Phi) is 8.38. The number of carbonyl (C=O) groups is 1. The van der Waals surface area contributed by atoms with E-state index in [4.69, 9.17) is 5.73 Å². The zero-order valence-corrected chi connectivity index (χ0v) is 10.4. The Labute approximate surface area is 93.8 Å². The molecule has 2 unspecified atom stereocenters. The van der Waals surface area contributed by atoms with Crippen molar-refractivity contribution in [2.24, 2.45) is 5.73 Å². The minimum absolute atomic E-state index is 0.153. The standard InChI is InChI=1S/C12H26N2O/c1-4-5-6-7-8-12(15)14-11(3)9-10(2)13/h10-11H,4-9,13H2,1-3H3,(H,14,15). The Morgan fingerprint density at radius 1 is 1.27 bits per heavy atom. The predicted molar refractivity (Wildman–Crippen MR) is 64.6 cm³/mol. The van der Waals surface area contributed by atoms with Crippen LogP contribution in [0, 0.1) is 0 Å². The van der Waals surface area contributed by atoms with E-state index in [9.17, 15) is 4.79 Å². The quantitative estimate of drug-likeness (QED) is 0.609. The number of hydrogen-bond acceptors (Lipinski definition) is 2. The molecule has 0 aliphatic rings. The van der Waals surface area contributed by atoms with E-state index in [1.54, 1.807) is 0 Å². The van der Waals surface area contributed by atoms with E-state index in [2.05, 4.69) is 12.2 Å². The van der Waals surface area contributed by atoms with E-state index >= 15 is 0 Å². The molecule has 0 radical (unpaired) electrons. The van der Waals surface area contributed by atoms with Gasteiger partial charge in [0.05, 0.1) is 0 Å². The Hall–Kier alpha value is -0.570. The molecule has 0 fully saturated rings. The number of hydrogen-bond donors (Lipinski definition) is 2. The highest BCUT2D eigenvalue weighted by Gasteiger charge is 2.08. The van der Waals surface area contributed by atoms with Gasteiger partial charge in [-0.1, -0.05) is 26.2 Å². The molecule has 0 aliphatic heterocycles. The number of unbranched alkanes of at least 4 members (excludes halogenated alkanes) is 3. The third kappa shape index (κ3) is 9.73. The summed E-state index contributed by atoms with van der Waals surface area (Å²) < 4.78 is 0. The van der Waals surface area contributed by atoms with Crippen molar-refractivity contribution in [1.82, 2.24) is 5.32 Å². The molecular weight excluding hydrogens is 188 g/mol. The van der Waals surface area contributed by atoms with E-state index in [-0.39, 0.29) is 18.0 Å². The second kappa shape index (κ2) is 8.72. The van der Waals surface area contributed by atoms with Crippen LogP contribution in [-0.4, -0.2) is 18.0 Å². The molecule has 0 heterocycles. The zero-order valence-electron chi connectivity index (χ0n) is 10.4. The summed E-state index contributed by atoms with van der Waals surface area (Å²) in [5, 5.41) is 2.97. The summed E-state index contributed by atoms with van der Waals surface area (Å²) in [5.74, 6) is 0.166. The molecule has 3 heteroatoms. The molecule has 0 saturated carbocycles. The molecule has 0 aromatic carbocycles. The van der Waals surface area contributed by atoms with Crippen molar-refractivity contribution < 1.29 is 4.79 Å². The fourth-order valence-electron chi connectivity index (χ4n) is 1.68. The van der Waals surface area contributed by atoms with Crippen LogP contribution in [0.25, 0.3) is 0 Å². The lowest BCUT2D eigenvalue weighted by atomic mass is 10.1. The van der Waals surface area contributed by atoms with Crippen molar-refractivity contribution in [1.29, 1.82) is 0 Å². The summed E-state index contributed by atoms with van der Waals surface area (Å²) >= 11 is 0. The fourth-order valence-corrected chi connectivity index (χ4v) is 1.68. The van der Waals surface area contributed by atoms with Crippen molar-refractivity contribution in [3.8, 4) is 0 Å². The Morgan fingerprint density at radius 3 is 2.47 bits per heavy atom. The van der Waals surface area contributed by atoms with E-state index in [0.29, 0.717) is 6.42 Å². The average Bonchev–Trinajstić information content (AvgIpc) is 2.10. The molecule has 2 atom stereocenters. The molecule has 0 spiro atoms. The van der Waals surface area contributed by atoms with Gasteiger partial charge in [-0.15, -0.1) is 0 Å². The van der Waals surface area contributed by atoms with Gasteiger partial charge in [-0.25, -0.2) is 0 Å². The first-order valence-corrected chi connectivity index (χ1v) is 6.11. The molecule has 3 N–H and O–H groups in total. The van der Waals surface area contributed by atoms with Crippen molar-refractivity contribution in [3.05, 3.63) is 0 Å². The first-order chi connectivity index (χ1) is 7.06. The smallest absolute Gasteiger partial charge is 0.220 e. The number of nitrogens with two attached hydrogens (primary N) is 1. The van der Waals surface area contributed by atoms with Gasteiger partial charge in [-0.2, -0.15) is 0 Å². The highest BCUT2D eigenvalue weighted by molar-refractivity contribution is 5.76. The van der Waals surface area contributed by atoms with Crippen LogP contribution in [0.4, 0.5) is 0 Å². The lowest BCUT2D eigenvalue weighted by Gasteiger charge is -2.15. The van der Waals surface area contributed by atoms with E-state index in [0.717, 1.165) is 19.3 Å². The summed E-state index contributed by atoms with van der Waals surface area (Å²) in [6.07, 6.45) is 6.10. The Morgan fingerprint density at radius 2 is 1.93 bits per heavy atom. The normalized spacial score (nSPS) is 14.7. The topological polar surface area (TPSA) is 55.1 Å². The van der Waals surface area contributed by atoms with Crippen LogP contribution in [-0.2, 0) is 4.79 Å². The maximum atomic E-state index is 11.4. The minimum Gasteiger partial charge on any atom is -0.354 e. The molecule has 3 nitrogen and oxygen atoms in total. The maximum absolute atomic E-state index is 11.4. The van der Waals surface area contributed by atoms with Gasteiger partial charge >= 0.3 is 0 Å². The van der Waals surface area contributed by atoms with E-state index < -0.39 is 0 Å². The van der Waals surface area contributed by atoms with Crippen LogP contribution < -0.4 is 11.1 Å². The second-order valence-corrected chi connectivity index (χ2v) is 4.49. The maximum Gasteiger partial charge on any atom is 0.220 e. The monoisotopic (exact) mass is 214 g/mol. The summed E-state index contributed by atoms with van der Waals surface area (Å²) in [4.78, 5) is 11.4.